The van der Waals surface area contributed by atoms with Crippen molar-refractivity contribution in [2.75, 3.05) is 0 Å². The molecule has 0 amide bonds. The molecule has 1 saturated carbocycles. The van der Waals surface area contributed by atoms with Crippen LogP contribution in [0.25, 0.3) is 0 Å². The normalized spacial score (nSPS) is 18.1. The molecule has 0 radical (unpaired) electrons. The van der Waals surface area contributed by atoms with Gasteiger partial charge in [-0.2, -0.15) is 0 Å². The third kappa shape index (κ3) is 2.39. The van der Waals surface area contributed by atoms with E-state index in [1.165, 1.54) is 55.5 Å². The summed E-state index contributed by atoms with van der Waals surface area (Å²) >= 11 is 1.34. The van der Waals surface area contributed by atoms with Crippen LogP contribution in [0.2, 0.25) is 0 Å². The molecule has 0 atom stereocenters. The summed E-state index contributed by atoms with van der Waals surface area (Å²) in [7, 11) is 0. The fourth-order valence-electron chi connectivity index (χ4n) is 2.34. The zero-order chi connectivity index (χ0) is 9.80. The van der Waals surface area contributed by atoms with Crippen molar-refractivity contribution in [2.24, 2.45) is 5.92 Å². The Morgan fingerprint density at radius 1 is 1.00 bits per heavy atom. The van der Waals surface area contributed by atoms with Gasteiger partial charge < -0.3 is 0 Å². The van der Waals surface area contributed by atoms with E-state index in [9.17, 15) is 0 Å². The molecule has 0 saturated heterocycles. The van der Waals surface area contributed by atoms with Crippen molar-refractivity contribution >= 4 is 4.11 Å². The van der Waals surface area contributed by atoms with Gasteiger partial charge in [-0.05, 0) is 0 Å². The van der Waals surface area contributed by atoms with Crippen LogP contribution in [0.3, 0.4) is 0 Å². The molecule has 0 aliphatic heterocycles. The minimum atomic E-state index is 0.908. The molecule has 0 bridgehead atoms. The van der Waals surface area contributed by atoms with Gasteiger partial charge in [0.2, 0.25) is 0 Å². The van der Waals surface area contributed by atoms with Gasteiger partial charge in [0.1, 0.15) is 0 Å². The van der Waals surface area contributed by atoms with Crippen LogP contribution < -0.4 is 0 Å². The molecule has 0 N–H and O–H groups in total. The zero-order valence-electron chi connectivity index (χ0n) is 8.71. The van der Waals surface area contributed by atoms with Gasteiger partial charge in [-0.15, -0.1) is 0 Å². The molecular weight excluding hydrogens is 222 g/mol. The van der Waals surface area contributed by atoms with E-state index in [4.69, 9.17) is 0 Å². The Labute approximate surface area is 95.9 Å². The van der Waals surface area contributed by atoms with Gasteiger partial charge in [0.05, 0.1) is 0 Å². The van der Waals surface area contributed by atoms with Crippen molar-refractivity contribution in [2.45, 2.75) is 32.1 Å². The Bertz CT molecular complexity index is 296. The van der Waals surface area contributed by atoms with E-state index in [-0.39, 0.29) is 0 Å². The summed E-state index contributed by atoms with van der Waals surface area (Å²) in [6.45, 7) is 0. The molecule has 1 aliphatic carbocycles. The van der Waals surface area contributed by atoms with E-state index in [2.05, 4.69) is 30.3 Å². The number of hydrogen-bond donors (Lipinski definition) is 0. The maximum atomic E-state index is 2.27. The topological polar surface area (TPSA) is 0 Å². The Balaban J connectivity index is 2.07. The van der Waals surface area contributed by atoms with Crippen LogP contribution in [0.15, 0.2) is 30.3 Å². The molecule has 1 aromatic carbocycles. The zero-order valence-corrected chi connectivity index (χ0v) is 11.7. The summed E-state index contributed by atoms with van der Waals surface area (Å²) in [4.78, 5) is 0. The van der Waals surface area contributed by atoms with Gasteiger partial charge in [-0.25, -0.2) is 0 Å². The van der Waals surface area contributed by atoms with Gasteiger partial charge >= 0.3 is 95.9 Å². The van der Waals surface area contributed by atoms with Gasteiger partial charge in [0.15, 0.2) is 0 Å². The van der Waals surface area contributed by atoms with E-state index < -0.39 is 0 Å². The molecule has 0 spiro atoms. The second-order valence-corrected chi connectivity index (χ2v) is 5.82. The molecular formula is C13H16Zn. The maximum absolute atomic E-state index is 2.27. The first-order valence-corrected chi connectivity index (χ1v) is 7.10. The third-order valence-corrected chi connectivity index (χ3v) is 5.31. The van der Waals surface area contributed by atoms with E-state index in [1.807, 2.05) is 0 Å². The van der Waals surface area contributed by atoms with Crippen molar-refractivity contribution in [3.05, 3.63) is 35.9 Å². The molecule has 0 heterocycles. The second-order valence-electron chi connectivity index (χ2n) is 4.23. The van der Waals surface area contributed by atoms with Crippen molar-refractivity contribution in [3.8, 4) is 0 Å². The first-order chi connectivity index (χ1) is 6.88. The number of hydrogen-bond acceptors (Lipinski definition) is 0. The van der Waals surface area contributed by atoms with Gasteiger partial charge in [-0.1, -0.05) is 0 Å². The van der Waals surface area contributed by atoms with Crippen LogP contribution in [0.5, 0.6) is 0 Å². The van der Waals surface area contributed by atoms with Crippen LogP contribution in [0.4, 0.5) is 0 Å². The third-order valence-electron chi connectivity index (χ3n) is 3.24. The van der Waals surface area contributed by atoms with Crippen molar-refractivity contribution in [1.82, 2.24) is 0 Å². The molecule has 0 unspecified atom stereocenters. The van der Waals surface area contributed by atoms with Crippen LogP contribution in [0.1, 0.15) is 37.7 Å². The molecule has 1 aromatic rings. The van der Waals surface area contributed by atoms with Crippen LogP contribution in [-0.4, -0.2) is 4.11 Å². The average molecular weight is 238 g/mol. The Morgan fingerprint density at radius 3 is 2.29 bits per heavy atom. The molecule has 14 heavy (non-hydrogen) atoms. The predicted molar refractivity (Wildman–Crippen MR) is 57.1 cm³/mol. The quantitative estimate of drug-likeness (QED) is 0.692. The van der Waals surface area contributed by atoms with Gasteiger partial charge in [0, 0.05) is 0 Å². The molecule has 1 fully saturated rings. The van der Waals surface area contributed by atoms with E-state index >= 15 is 0 Å². The molecule has 70 valence electrons. The number of benzene rings is 1. The summed E-state index contributed by atoms with van der Waals surface area (Å²) in [5, 5.41) is 0. The summed E-state index contributed by atoms with van der Waals surface area (Å²) in [6.07, 6.45) is 7.22. The number of rotatable bonds is 2. The standard InChI is InChI=1S/C13H16.Zn/c1-3-7-12(8-4-1)11-13-9-5-2-6-10-13;/h1,3-4,7-8,13H,2,5-6,9-10H2;. The summed E-state index contributed by atoms with van der Waals surface area (Å²) < 4.78 is 1.73. The second kappa shape index (κ2) is 4.98. The molecule has 1 aliphatic rings. The van der Waals surface area contributed by atoms with Crippen LogP contribution in [0, 0.1) is 5.92 Å². The molecule has 0 nitrogen and oxygen atoms in total. The van der Waals surface area contributed by atoms with Crippen LogP contribution >= 0.6 is 0 Å². The summed E-state index contributed by atoms with van der Waals surface area (Å²) in [5.41, 5.74) is 1.50. The first-order valence-electron chi connectivity index (χ1n) is 5.62. The van der Waals surface area contributed by atoms with E-state index in [0.717, 1.165) is 5.92 Å². The fraction of sp³-hybridized carbons (Fsp3) is 0.462. The Morgan fingerprint density at radius 2 is 1.64 bits per heavy atom. The summed E-state index contributed by atoms with van der Waals surface area (Å²) in [5.74, 6) is 0.908. The van der Waals surface area contributed by atoms with Crippen LogP contribution in [-0.2, 0) is 17.9 Å². The average Bonchev–Trinajstić information content (AvgIpc) is 2.30. The molecule has 2 rings (SSSR count). The van der Waals surface area contributed by atoms with Gasteiger partial charge in [0.25, 0.3) is 0 Å². The Kier molecular flexibility index (Phi) is 3.64. The summed E-state index contributed by atoms with van der Waals surface area (Å²) in [6, 6.07) is 11.0. The molecule has 0 aromatic heterocycles. The van der Waals surface area contributed by atoms with Crippen molar-refractivity contribution in [1.29, 1.82) is 0 Å². The Hall–Kier alpha value is -0.287. The van der Waals surface area contributed by atoms with E-state index in [1.54, 1.807) is 4.11 Å². The SMILES string of the molecule is [Zn]=[C](c1ccccc1)C1CCCCC1. The van der Waals surface area contributed by atoms with Gasteiger partial charge in [-0.3, -0.25) is 0 Å². The molecule has 1 heteroatoms. The monoisotopic (exact) mass is 236 g/mol. The van der Waals surface area contributed by atoms with Crippen molar-refractivity contribution in [3.63, 3.8) is 0 Å². The van der Waals surface area contributed by atoms with E-state index in [0.29, 0.717) is 0 Å². The predicted octanol–water partition coefficient (Wildman–Crippen LogP) is 3.33. The first kappa shape index (κ1) is 10.2. The minimum absolute atomic E-state index is 0.908. The fourth-order valence-corrected chi connectivity index (χ4v) is 3.69. The van der Waals surface area contributed by atoms with Crippen molar-refractivity contribution < 1.29 is 17.9 Å².